The van der Waals surface area contributed by atoms with Gasteiger partial charge in [-0.25, -0.2) is 4.98 Å². The number of nitrogens with zero attached hydrogens (tertiary/aromatic N) is 4. The summed E-state index contributed by atoms with van der Waals surface area (Å²) in [6.07, 6.45) is 7.12. The van der Waals surface area contributed by atoms with Crippen molar-refractivity contribution in [1.82, 2.24) is 25.0 Å². The molecule has 20 heavy (non-hydrogen) atoms. The van der Waals surface area contributed by atoms with Crippen LogP contribution in [0.3, 0.4) is 0 Å². The maximum absolute atomic E-state index is 12.3. The molecule has 0 aliphatic carbocycles. The number of rotatable bonds is 7. The molecule has 6 nitrogen and oxygen atoms in total. The molecular formula is C14H25N5O. The van der Waals surface area contributed by atoms with Gasteiger partial charge >= 0.3 is 0 Å². The second-order valence-electron chi connectivity index (χ2n) is 5.46. The largest absolute Gasteiger partial charge is 0.342 e. The van der Waals surface area contributed by atoms with Crippen molar-refractivity contribution >= 4 is 5.91 Å². The summed E-state index contributed by atoms with van der Waals surface area (Å²) >= 11 is 0. The van der Waals surface area contributed by atoms with E-state index in [-0.39, 0.29) is 5.91 Å². The highest BCUT2D eigenvalue weighted by atomic mass is 16.2. The molecular weight excluding hydrogens is 254 g/mol. The van der Waals surface area contributed by atoms with Gasteiger partial charge in [-0.1, -0.05) is 6.92 Å². The van der Waals surface area contributed by atoms with Gasteiger partial charge in [-0.15, -0.1) is 0 Å². The standard InChI is InChI=1S/C14H25N5O/c1-2-7-18(10-13-4-3-6-15-9-13)14(20)5-8-19-12-16-11-17-19/h11-13,15H,2-10H2,1H3. The number of carbonyl (C=O) groups is 1. The minimum absolute atomic E-state index is 0.230. The molecule has 1 aliphatic heterocycles. The number of carbonyl (C=O) groups excluding carboxylic acids is 1. The zero-order chi connectivity index (χ0) is 14.2. The Morgan fingerprint density at radius 1 is 1.55 bits per heavy atom. The van der Waals surface area contributed by atoms with Crippen LogP contribution in [0.2, 0.25) is 0 Å². The van der Waals surface area contributed by atoms with Gasteiger partial charge in [0.25, 0.3) is 0 Å². The fraction of sp³-hybridized carbons (Fsp3) is 0.786. The van der Waals surface area contributed by atoms with E-state index < -0.39 is 0 Å². The van der Waals surface area contributed by atoms with E-state index in [1.165, 1.54) is 19.2 Å². The van der Waals surface area contributed by atoms with E-state index in [9.17, 15) is 4.79 Å². The number of nitrogens with one attached hydrogen (secondary N) is 1. The lowest BCUT2D eigenvalue weighted by atomic mass is 9.99. The predicted octanol–water partition coefficient (Wildman–Crippen LogP) is 0.906. The van der Waals surface area contributed by atoms with Gasteiger partial charge in [0.15, 0.2) is 0 Å². The van der Waals surface area contributed by atoms with Gasteiger partial charge in [0.1, 0.15) is 12.7 Å². The summed E-state index contributed by atoms with van der Waals surface area (Å²) < 4.78 is 1.71. The molecule has 1 aromatic heterocycles. The first-order valence-electron chi connectivity index (χ1n) is 7.60. The van der Waals surface area contributed by atoms with E-state index in [0.29, 0.717) is 18.9 Å². The lowest BCUT2D eigenvalue weighted by Crippen LogP contribution is -2.41. The van der Waals surface area contributed by atoms with Crippen molar-refractivity contribution in [3.8, 4) is 0 Å². The number of aryl methyl sites for hydroxylation is 1. The average molecular weight is 279 g/mol. The smallest absolute Gasteiger partial charge is 0.224 e. The second-order valence-corrected chi connectivity index (χ2v) is 5.46. The molecule has 112 valence electrons. The zero-order valence-electron chi connectivity index (χ0n) is 12.3. The third-order valence-electron chi connectivity index (χ3n) is 3.75. The highest BCUT2D eigenvalue weighted by Gasteiger charge is 2.20. The van der Waals surface area contributed by atoms with Crippen molar-refractivity contribution in [3.63, 3.8) is 0 Å². The van der Waals surface area contributed by atoms with Crippen LogP contribution in [-0.4, -0.2) is 51.8 Å². The summed E-state index contributed by atoms with van der Waals surface area (Å²) in [5.41, 5.74) is 0. The van der Waals surface area contributed by atoms with Crippen molar-refractivity contribution in [1.29, 1.82) is 0 Å². The van der Waals surface area contributed by atoms with E-state index in [4.69, 9.17) is 0 Å². The molecule has 0 bridgehead atoms. The molecule has 2 heterocycles. The van der Waals surface area contributed by atoms with Gasteiger partial charge in [-0.3, -0.25) is 9.48 Å². The van der Waals surface area contributed by atoms with Crippen molar-refractivity contribution in [2.45, 2.75) is 39.2 Å². The van der Waals surface area contributed by atoms with Crippen molar-refractivity contribution in [2.24, 2.45) is 5.92 Å². The Morgan fingerprint density at radius 3 is 3.10 bits per heavy atom. The van der Waals surface area contributed by atoms with Crippen molar-refractivity contribution in [2.75, 3.05) is 26.2 Å². The van der Waals surface area contributed by atoms with Crippen LogP contribution >= 0.6 is 0 Å². The van der Waals surface area contributed by atoms with Gasteiger partial charge in [0.05, 0.1) is 6.54 Å². The molecule has 1 saturated heterocycles. The highest BCUT2D eigenvalue weighted by molar-refractivity contribution is 5.76. The number of hydrogen-bond donors (Lipinski definition) is 1. The molecule has 0 radical (unpaired) electrons. The molecule has 0 aromatic carbocycles. The van der Waals surface area contributed by atoms with Crippen LogP contribution in [0, 0.1) is 5.92 Å². The first-order valence-corrected chi connectivity index (χ1v) is 7.60. The molecule has 1 fully saturated rings. The van der Waals surface area contributed by atoms with Crippen molar-refractivity contribution < 1.29 is 4.79 Å². The summed E-state index contributed by atoms with van der Waals surface area (Å²) in [5.74, 6) is 0.832. The van der Waals surface area contributed by atoms with E-state index in [1.807, 2.05) is 4.90 Å². The first kappa shape index (κ1) is 15.0. The Morgan fingerprint density at radius 2 is 2.45 bits per heavy atom. The normalized spacial score (nSPS) is 18.9. The highest BCUT2D eigenvalue weighted by Crippen LogP contribution is 2.13. The van der Waals surface area contributed by atoms with Gasteiger partial charge in [0, 0.05) is 19.5 Å². The van der Waals surface area contributed by atoms with Crippen LogP contribution in [0.15, 0.2) is 12.7 Å². The van der Waals surface area contributed by atoms with E-state index in [2.05, 4.69) is 22.3 Å². The van der Waals surface area contributed by atoms with Crippen LogP contribution in [0.5, 0.6) is 0 Å². The fourth-order valence-electron chi connectivity index (χ4n) is 2.70. The SMILES string of the molecule is CCCN(CC1CCCNC1)C(=O)CCn1cncn1. The second kappa shape index (κ2) is 7.99. The maximum Gasteiger partial charge on any atom is 0.224 e. The van der Waals surface area contributed by atoms with Crippen LogP contribution in [-0.2, 0) is 11.3 Å². The number of amides is 1. The third kappa shape index (κ3) is 4.59. The van der Waals surface area contributed by atoms with E-state index in [1.54, 1.807) is 11.0 Å². The molecule has 1 aliphatic rings. The quantitative estimate of drug-likeness (QED) is 0.806. The summed E-state index contributed by atoms with van der Waals surface area (Å²) in [5, 5.41) is 7.45. The molecule has 2 rings (SSSR count). The van der Waals surface area contributed by atoms with Crippen LogP contribution < -0.4 is 5.32 Å². The summed E-state index contributed by atoms with van der Waals surface area (Å²) in [7, 11) is 0. The van der Waals surface area contributed by atoms with Crippen LogP contribution in [0.1, 0.15) is 32.6 Å². The topological polar surface area (TPSA) is 63.1 Å². The molecule has 6 heteroatoms. The number of piperidine rings is 1. The molecule has 1 aromatic rings. The number of aromatic nitrogens is 3. The Balaban J connectivity index is 1.81. The molecule has 1 amide bonds. The molecule has 0 spiro atoms. The summed E-state index contributed by atoms with van der Waals surface area (Å²) in [6, 6.07) is 0. The summed E-state index contributed by atoms with van der Waals surface area (Å²) in [4.78, 5) is 18.3. The molecule has 0 saturated carbocycles. The molecule has 1 atom stereocenters. The van der Waals surface area contributed by atoms with Gasteiger partial charge in [-0.05, 0) is 38.3 Å². The first-order chi connectivity index (χ1) is 9.79. The monoisotopic (exact) mass is 279 g/mol. The lowest BCUT2D eigenvalue weighted by molar-refractivity contribution is -0.132. The van der Waals surface area contributed by atoms with Gasteiger partial charge in [0.2, 0.25) is 5.91 Å². The summed E-state index contributed by atoms with van der Waals surface area (Å²) in [6.45, 7) is 6.63. The minimum Gasteiger partial charge on any atom is -0.342 e. The average Bonchev–Trinajstić information content (AvgIpc) is 2.99. The lowest BCUT2D eigenvalue weighted by Gasteiger charge is -2.30. The predicted molar refractivity (Wildman–Crippen MR) is 77.1 cm³/mol. The Kier molecular flexibility index (Phi) is 5.98. The van der Waals surface area contributed by atoms with Gasteiger partial charge in [-0.2, -0.15) is 5.10 Å². The van der Waals surface area contributed by atoms with Crippen LogP contribution in [0.25, 0.3) is 0 Å². The Labute approximate surface area is 120 Å². The zero-order valence-corrected chi connectivity index (χ0v) is 12.3. The Bertz CT molecular complexity index is 386. The fourth-order valence-corrected chi connectivity index (χ4v) is 2.70. The van der Waals surface area contributed by atoms with E-state index in [0.717, 1.165) is 32.6 Å². The van der Waals surface area contributed by atoms with Crippen LogP contribution in [0.4, 0.5) is 0 Å². The Hall–Kier alpha value is -1.43. The number of hydrogen-bond acceptors (Lipinski definition) is 4. The third-order valence-corrected chi connectivity index (χ3v) is 3.75. The van der Waals surface area contributed by atoms with Gasteiger partial charge < -0.3 is 10.2 Å². The minimum atomic E-state index is 0.230. The molecule has 1 unspecified atom stereocenters. The molecule has 1 N–H and O–H groups in total. The maximum atomic E-state index is 12.3. The van der Waals surface area contributed by atoms with Crippen molar-refractivity contribution in [3.05, 3.63) is 12.7 Å². The van der Waals surface area contributed by atoms with E-state index >= 15 is 0 Å².